The van der Waals surface area contributed by atoms with Crippen LogP contribution < -0.4 is 10.1 Å². The number of piperazine rings is 1. The topological polar surface area (TPSA) is 65.0 Å². The highest BCUT2D eigenvalue weighted by atomic mass is 16.5. The maximum atomic E-state index is 13.1. The van der Waals surface area contributed by atoms with E-state index >= 15 is 0 Å². The maximum absolute atomic E-state index is 13.1. The van der Waals surface area contributed by atoms with Gasteiger partial charge in [-0.25, -0.2) is 0 Å². The number of phenols is 1. The highest BCUT2D eigenvalue weighted by molar-refractivity contribution is 5.97. The van der Waals surface area contributed by atoms with Crippen LogP contribution in [0.1, 0.15) is 21.5 Å². The van der Waals surface area contributed by atoms with Crippen molar-refractivity contribution in [3.05, 3.63) is 59.2 Å². The van der Waals surface area contributed by atoms with Gasteiger partial charge in [0.05, 0.1) is 5.56 Å². The van der Waals surface area contributed by atoms with Gasteiger partial charge in [-0.1, -0.05) is 24.3 Å². The van der Waals surface area contributed by atoms with Crippen LogP contribution in [0.15, 0.2) is 42.5 Å². The minimum absolute atomic E-state index is 0.0470. The number of nitrogens with zero attached hydrogens (tertiary/aromatic N) is 2. The molecule has 2 aromatic carbocycles. The van der Waals surface area contributed by atoms with Crippen molar-refractivity contribution in [3.8, 4) is 11.5 Å². The van der Waals surface area contributed by atoms with Gasteiger partial charge in [-0.15, -0.1) is 0 Å². The number of benzene rings is 2. The van der Waals surface area contributed by atoms with E-state index in [4.69, 9.17) is 4.74 Å². The molecule has 27 heavy (non-hydrogen) atoms. The first kappa shape index (κ1) is 17.8. The summed E-state index contributed by atoms with van der Waals surface area (Å²) in [4.78, 5) is 17.3. The molecule has 2 heterocycles. The first-order valence-corrected chi connectivity index (χ1v) is 9.45. The Labute approximate surface area is 159 Å². The van der Waals surface area contributed by atoms with Crippen LogP contribution in [-0.4, -0.2) is 60.1 Å². The van der Waals surface area contributed by atoms with E-state index in [0.717, 1.165) is 49.6 Å². The molecule has 2 aromatic rings. The van der Waals surface area contributed by atoms with E-state index in [1.807, 2.05) is 35.2 Å². The zero-order valence-corrected chi connectivity index (χ0v) is 15.4. The molecule has 2 aliphatic heterocycles. The summed E-state index contributed by atoms with van der Waals surface area (Å²) in [7, 11) is 0. The normalized spacial score (nSPS) is 17.7. The van der Waals surface area contributed by atoms with E-state index in [-0.39, 0.29) is 5.91 Å². The number of para-hydroxylation sites is 1. The molecule has 0 saturated carbocycles. The minimum Gasteiger partial charge on any atom is -0.508 e. The van der Waals surface area contributed by atoms with Crippen LogP contribution in [0.25, 0.3) is 0 Å². The maximum Gasteiger partial charge on any atom is 0.257 e. The summed E-state index contributed by atoms with van der Waals surface area (Å²) < 4.78 is 5.86. The van der Waals surface area contributed by atoms with Crippen LogP contribution in [0.2, 0.25) is 0 Å². The summed E-state index contributed by atoms with van der Waals surface area (Å²) in [5, 5.41) is 12.9. The van der Waals surface area contributed by atoms with Crippen molar-refractivity contribution in [1.82, 2.24) is 15.1 Å². The van der Waals surface area contributed by atoms with Crippen LogP contribution in [0.3, 0.4) is 0 Å². The van der Waals surface area contributed by atoms with Crippen LogP contribution >= 0.6 is 0 Å². The van der Waals surface area contributed by atoms with Gasteiger partial charge in [0.2, 0.25) is 0 Å². The van der Waals surface area contributed by atoms with Crippen LogP contribution in [0.4, 0.5) is 0 Å². The lowest BCUT2D eigenvalue weighted by Gasteiger charge is -2.35. The third kappa shape index (κ3) is 4.07. The molecule has 2 N–H and O–H groups in total. The first-order chi connectivity index (χ1) is 13.2. The second kappa shape index (κ2) is 7.98. The second-order valence-electron chi connectivity index (χ2n) is 7.06. The summed E-state index contributed by atoms with van der Waals surface area (Å²) in [6.07, 6.45) is 0. The van der Waals surface area contributed by atoms with Gasteiger partial charge in [0.25, 0.3) is 5.91 Å². The number of nitrogens with one attached hydrogen (secondary N) is 1. The minimum atomic E-state index is 0.0470. The molecule has 0 unspecified atom stereocenters. The third-order valence-corrected chi connectivity index (χ3v) is 5.14. The Morgan fingerprint density at radius 1 is 1.11 bits per heavy atom. The number of amides is 1. The highest BCUT2D eigenvalue weighted by Gasteiger charge is 2.26. The van der Waals surface area contributed by atoms with Gasteiger partial charge in [-0.3, -0.25) is 9.69 Å². The molecule has 6 nitrogen and oxygen atoms in total. The number of phenolic OH excluding ortho intramolecular Hbond substituents is 1. The van der Waals surface area contributed by atoms with Crippen molar-refractivity contribution in [2.24, 2.45) is 0 Å². The second-order valence-corrected chi connectivity index (χ2v) is 7.06. The fourth-order valence-corrected chi connectivity index (χ4v) is 3.70. The predicted molar refractivity (Wildman–Crippen MR) is 103 cm³/mol. The molecule has 142 valence electrons. The number of fused-ring (bicyclic) bond motifs is 1. The number of carbonyl (C=O) groups excluding carboxylic acids is 1. The SMILES string of the molecule is O=C(c1cccc2c1OCCNC2)N1CCN(Cc2cccc(O)c2)CC1. The summed E-state index contributed by atoms with van der Waals surface area (Å²) in [6, 6.07) is 13.2. The summed E-state index contributed by atoms with van der Waals surface area (Å²) in [5.74, 6) is 1.07. The molecule has 0 bridgehead atoms. The monoisotopic (exact) mass is 367 g/mol. The van der Waals surface area contributed by atoms with E-state index in [1.165, 1.54) is 0 Å². The standard InChI is InChI=1S/C21H25N3O3/c25-18-5-1-3-16(13-18)15-23-8-10-24(11-9-23)21(26)19-6-2-4-17-14-22-7-12-27-20(17)19/h1-6,13,22,25H,7-12,14-15H2. The molecular formula is C21H25N3O3. The van der Waals surface area contributed by atoms with Gasteiger partial charge in [0.1, 0.15) is 18.1 Å². The van der Waals surface area contributed by atoms with Crippen molar-refractivity contribution >= 4 is 5.91 Å². The lowest BCUT2D eigenvalue weighted by atomic mass is 10.1. The number of hydrogen-bond acceptors (Lipinski definition) is 5. The van der Waals surface area contributed by atoms with Crippen LogP contribution in [0, 0.1) is 0 Å². The van der Waals surface area contributed by atoms with Gasteiger partial charge >= 0.3 is 0 Å². The third-order valence-electron chi connectivity index (χ3n) is 5.14. The lowest BCUT2D eigenvalue weighted by Crippen LogP contribution is -2.48. The molecule has 0 atom stereocenters. The Morgan fingerprint density at radius 2 is 1.93 bits per heavy atom. The van der Waals surface area contributed by atoms with Crippen molar-refractivity contribution < 1.29 is 14.6 Å². The molecule has 6 heteroatoms. The molecule has 2 aliphatic rings. The van der Waals surface area contributed by atoms with Gasteiger partial charge in [0, 0.05) is 51.4 Å². The first-order valence-electron chi connectivity index (χ1n) is 9.45. The van der Waals surface area contributed by atoms with Gasteiger partial charge in [-0.05, 0) is 23.8 Å². The van der Waals surface area contributed by atoms with Gasteiger partial charge in [0.15, 0.2) is 0 Å². The quantitative estimate of drug-likeness (QED) is 0.867. The largest absolute Gasteiger partial charge is 0.508 e. The average molecular weight is 367 g/mol. The van der Waals surface area contributed by atoms with E-state index < -0.39 is 0 Å². The molecule has 1 amide bonds. The predicted octanol–water partition coefficient (Wildman–Crippen LogP) is 1.83. The van der Waals surface area contributed by atoms with E-state index in [0.29, 0.717) is 31.0 Å². The molecular weight excluding hydrogens is 342 g/mol. The Kier molecular flexibility index (Phi) is 5.27. The van der Waals surface area contributed by atoms with Crippen molar-refractivity contribution in [1.29, 1.82) is 0 Å². The Bertz CT molecular complexity index is 816. The molecule has 1 saturated heterocycles. The summed E-state index contributed by atoms with van der Waals surface area (Å²) in [6.45, 7) is 5.90. The number of aromatic hydroxyl groups is 1. The molecule has 4 rings (SSSR count). The van der Waals surface area contributed by atoms with E-state index in [9.17, 15) is 9.90 Å². The van der Waals surface area contributed by atoms with Crippen molar-refractivity contribution in [2.75, 3.05) is 39.3 Å². The smallest absolute Gasteiger partial charge is 0.257 e. The van der Waals surface area contributed by atoms with Crippen molar-refractivity contribution in [2.45, 2.75) is 13.1 Å². The Morgan fingerprint density at radius 3 is 2.74 bits per heavy atom. The Hall–Kier alpha value is -2.57. The zero-order chi connectivity index (χ0) is 18.6. The van der Waals surface area contributed by atoms with E-state index in [2.05, 4.69) is 10.2 Å². The molecule has 1 fully saturated rings. The molecule has 0 radical (unpaired) electrons. The zero-order valence-electron chi connectivity index (χ0n) is 15.4. The van der Waals surface area contributed by atoms with Crippen molar-refractivity contribution in [3.63, 3.8) is 0 Å². The molecule has 0 spiro atoms. The molecule has 0 aliphatic carbocycles. The van der Waals surface area contributed by atoms with Crippen LogP contribution in [-0.2, 0) is 13.1 Å². The summed E-state index contributed by atoms with van der Waals surface area (Å²) in [5.41, 5.74) is 2.79. The number of hydrogen-bond donors (Lipinski definition) is 2. The number of rotatable bonds is 3. The summed E-state index contributed by atoms with van der Waals surface area (Å²) >= 11 is 0. The fraction of sp³-hybridized carbons (Fsp3) is 0.381. The highest BCUT2D eigenvalue weighted by Crippen LogP contribution is 2.27. The lowest BCUT2D eigenvalue weighted by molar-refractivity contribution is 0.0624. The van der Waals surface area contributed by atoms with Gasteiger partial charge in [-0.2, -0.15) is 0 Å². The Balaban J connectivity index is 1.40. The number of ether oxygens (including phenoxy) is 1. The van der Waals surface area contributed by atoms with Crippen LogP contribution in [0.5, 0.6) is 11.5 Å². The number of carbonyl (C=O) groups is 1. The molecule has 0 aromatic heterocycles. The fourth-order valence-electron chi connectivity index (χ4n) is 3.70. The average Bonchev–Trinajstić information content (AvgIpc) is 2.93. The van der Waals surface area contributed by atoms with Gasteiger partial charge < -0.3 is 20.1 Å². The van der Waals surface area contributed by atoms with E-state index in [1.54, 1.807) is 12.1 Å².